The summed E-state index contributed by atoms with van der Waals surface area (Å²) in [7, 11) is 0. The van der Waals surface area contributed by atoms with Crippen molar-refractivity contribution < 1.29 is 27.4 Å². The number of aromatic nitrogens is 1. The molecular formula is C23H22F3NO3SSe. The van der Waals surface area contributed by atoms with Gasteiger partial charge in [-0.1, -0.05) is 0 Å². The molecule has 3 aromatic rings. The van der Waals surface area contributed by atoms with Crippen LogP contribution in [0.1, 0.15) is 28.2 Å². The summed E-state index contributed by atoms with van der Waals surface area (Å²) in [6.07, 6.45) is -4.34. The normalized spacial score (nSPS) is 11.4. The Morgan fingerprint density at radius 2 is 1.84 bits per heavy atom. The summed E-state index contributed by atoms with van der Waals surface area (Å²) in [6, 6.07) is 11.0. The molecule has 0 aliphatic rings. The quantitative estimate of drug-likeness (QED) is 0.214. The zero-order valence-corrected chi connectivity index (χ0v) is 20.3. The Balaban J connectivity index is 1.63. The van der Waals surface area contributed by atoms with Crippen LogP contribution in [0.15, 0.2) is 47.4 Å². The number of alkyl halides is 3. The molecule has 1 heterocycles. The molecule has 0 fully saturated rings. The van der Waals surface area contributed by atoms with Crippen LogP contribution in [0.4, 0.5) is 13.2 Å². The molecule has 0 saturated carbocycles. The molecule has 0 radical (unpaired) electrons. The molecule has 9 heteroatoms. The van der Waals surface area contributed by atoms with E-state index in [1.165, 1.54) is 16.6 Å². The molecule has 0 aliphatic carbocycles. The van der Waals surface area contributed by atoms with Gasteiger partial charge in [0.25, 0.3) is 0 Å². The molecule has 0 saturated heterocycles. The van der Waals surface area contributed by atoms with Gasteiger partial charge in [-0.15, -0.1) is 0 Å². The van der Waals surface area contributed by atoms with Gasteiger partial charge >= 0.3 is 188 Å². The number of carbonyl (C=O) groups excluding carboxylic acids is 1. The molecule has 0 N–H and O–H groups in total. The molecule has 3 rings (SSSR count). The molecule has 2 aromatic carbocycles. The van der Waals surface area contributed by atoms with Crippen LogP contribution in [0.3, 0.4) is 0 Å². The number of rotatable bonds is 8. The first kappa shape index (κ1) is 24.4. The van der Waals surface area contributed by atoms with Gasteiger partial charge in [-0.2, -0.15) is 0 Å². The number of esters is 1. The van der Waals surface area contributed by atoms with Gasteiger partial charge in [-0.05, 0) is 6.92 Å². The average molecular weight is 528 g/mol. The second-order valence-electron chi connectivity index (χ2n) is 6.91. The van der Waals surface area contributed by atoms with E-state index in [1.807, 2.05) is 32.0 Å². The Morgan fingerprint density at radius 1 is 1.12 bits per heavy atom. The van der Waals surface area contributed by atoms with E-state index in [9.17, 15) is 18.0 Å². The van der Waals surface area contributed by atoms with Gasteiger partial charge < -0.3 is 0 Å². The zero-order valence-electron chi connectivity index (χ0n) is 17.8. The van der Waals surface area contributed by atoms with Crippen LogP contribution < -0.4 is 4.74 Å². The summed E-state index contributed by atoms with van der Waals surface area (Å²) in [5.74, 6) is 0.984. The van der Waals surface area contributed by atoms with Gasteiger partial charge in [0.2, 0.25) is 0 Å². The Bertz CT molecular complexity index is 1080. The van der Waals surface area contributed by atoms with Gasteiger partial charge in [0.05, 0.1) is 0 Å². The SMILES string of the molecule is CCOC(=O)COc1ccc(SCc2[se]c(-c3ccc(C(F)(F)F)cc3)nc2C)cc1C. The third-order valence-corrected chi connectivity index (χ3v) is 8.48. The predicted octanol–water partition coefficient (Wildman–Crippen LogP) is 5.68. The van der Waals surface area contributed by atoms with E-state index in [0.717, 1.165) is 44.2 Å². The van der Waals surface area contributed by atoms with Gasteiger partial charge in [0.1, 0.15) is 0 Å². The number of ether oxygens (including phenoxy) is 2. The van der Waals surface area contributed by atoms with Crippen LogP contribution in [-0.4, -0.2) is 38.7 Å². The maximum absolute atomic E-state index is 12.8. The van der Waals surface area contributed by atoms with Gasteiger partial charge in [0.15, 0.2) is 0 Å². The van der Waals surface area contributed by atoms with Crippen molar-refractivity contribution in [1.82, 2.24) is 4.98 Å². The van der Waals surface area contributed by atoms with E-state index in [0.29, 0.717) is 12.4 Å². The topological polar surface area (TPSA) is 48.4 Å². The number of carbonyl (C=O) groups is 1. The fraction of sp³-hybridized carbons (Fsp3) is 0.304. The van der Waals surface area contributed by atoms with Gasteiger partial charge in [0, 0.05) is 0 Å². The summed E-state index contributed by atoms with van der Waals surface area (Å²) in [5.41, 5.74) is 1.93. The van der Waals surface area contributed by atoms with E-state index in [-0.39, 0.29) is 21.1 Å². The van der Waals surface area contributed by atoms with Crippen LogP contribution in [0, 0.1) is 13.8 Å². The van der Waals surface area contributed by atoms with Crippen molar-refractivity contribution in [3.05, 3.63) is 63.7 Å². The standard InChI is InChI=1S/C23H22F3NO3SSe/c1-4-29-21(28)12-30-19-10-9-18(11-14(19)2)31-13-20-15(3)27-22(32-20)16-5-7-17(8-6-16)23(24,25)26/h5-11H,4,12-13H2,1-3H3. The molecule has 0 unspecified atom stereocenters. The first-order valence-corrected chi connectivity index (χ1v) is 12.5. The van der Waals surface area contributed by atoms with Crippen LogP contribution in [0.2, 0.25) is 0 Å². The van der Waals surface area contributed by atoms with Crippen LogP contribution >= 0.6 is 11.8 Å². The first-order chi connectivity index (χ1) is 15.2. The Kier molecular flexibility index (Phi) is 8.09. The van der Waals surface area contributed by atoms with Crippen LogP contribution in [0.5, 0.6) is 5.75 Å². The summed E-state index contributed by atoms with van der Waals surface area (Å²) >= 11 is 1.64. The van der Waals surface area contributed by atoms with Gasteiger partial charge in [-0.3, -0.25) is 0 Å². The van der Waals surface area contributed by atoms with Gasteiger partial charge in [-0.25, -0.2) is 0 Å². The Labute approximate surface area is 194 Å². The predicted molar refractivity (Wildman–Crippen MR) is 119 cm³/mol. The fourth-order valence-electron chi connectivity index (χ4n) is 2.85. The summed E-state index contributed by atoms with van der Waals surface area (Å²) in [6.45, 7) is 5.79. The third kappa shape index (κ3) is 6.40. The monoisotopic (exact) mass is 529 g/mol. The van der Waals surface area contributed by atoms with E-state index in [1.54, 1.807) is 18.7 Å². The fourth-order valence-corrected chi connectivity index (χ4v) is 6.39. The van der Waals surface area contributed by atoms with Crippen molar-refractivity contribution in [1.29, 1.82) is 0 Å². The number of nitrogens with zero attached hydrogens (tertiary/aromatic N) is 1. The summed E-state index contributed by atoms with van der Waals surface area (Å²) < 4.78 is 50.8. The van der Waals surface area contributed by atoms with E-state index in [4.69, 9.17) is 9.47 Å². The molecule has 0 amide bonds. The van der Waals surface area contributed by atoms with Crippen molar-refractivity contribution in [3.8, 4) is 15.9 Å². The third-order valence-electron chi connectivity index (χ3n) is 4.52. The summed E-state index contributed by atoms with van der Waals surface area (Å²) in [5, 5.41) is 0. The number of hydrogen-bond acceptors (Lipinski definition) is 5. The summed E-state index contributed by atoms with van der Waals surface area (Å²) in [4.78, 5) is 17.1. The maximum atomic E-state index is 12.8. The molecular weight excluding hydrogens is 506 g/mol. The second-order valence-corrected chi connectivity index (χ2v) is 10.2. The van der Waals surface area contributed by atoms with Crippen molar-refractivity contribution >= 4 is 32.2 Å². The van der Waals surface area contributed by atoms with Crippen molar-refractivity contribution in [2.75, 3.05) is 13.2 Å². The number of benzene rings is 2. The molecule has 1 aromatic heterocycles. The van der Waals surface area contributed by atoms with E-state index < -0.39 is 17.7 Å². The van der Waals surface area contributed by atoms with Crippen LogP contribution in [0.25, 0.3) is 10.1 Å². The minimum absolute atomic E-state index is 0.0332. The molecule has 0 spiro atoms. The van der Waals surface area contributed by atoms with Crippen molar-refractivity contribution in [3.63, 3.8) is 0 Å². The molecule has 32 heavy (non-hydrogen) atoms. The van der Waals surface area contributed by atoms with E-state index in [2.05, 4.69) is 4.98 Å². The Morgan fingerprint density at radius 3 is 2.47 bits per heavy atom. The number of halogens is 3. The van der Waals surface area contributed by atoms with E-state index >= 15 is 0 Å². The average Bonchev–Trinajstić information content (AvgIpc) is 3.12. The number of hydrogen-bond donors (Lipinski definition) is 0. The van der Waals surface area contributed by atoms with Crippen LogP contribution in [-0.2, 0) is 21.5 Å². The zero-order chi connectivity index (χ0) is 23.3. The molecule has 0 atom stereocenters. The first-order valence-electron chi connectivity index (χ1n) is 9.83. The molecule has 0 aliphatic heterocycles. The second kappa shape index (κ2) is 10.6. The number of thioether (sulfide) groups is 1. The molecule has 4 nitrogen and oxygen atoms in total. The number of aryl methyl sites for hydroxylation is 2. The Hall–Kier alpha value is -2.22. The van der Waals surface area contributed by atoms with Crippen molar-refractivity contribution in [2.45, 2.75) is 37.6 Å². The molecule has 170 valence electrons. The molecule has 0 bridgehead atoms. The van der Waals surface area contributed by atoms with Crippen molar-refractivity contribution in [2.24, 2.45) is 0 Å². The minimum atomic E-state index is -4.34.